The smallest absolute Gasteiger partial charge is 0.228 e. The summed E-state index contributed by atoms with van der Waals surface area (Å²) >= 11 is 0. The number of likely N-dealkylation sites (tertiary alicyclic amines) is 1. The summed E-state index contributed by atoms with van der Waals surface area (Å²) in [5.74, 6) is 1.95. The van der Waals surface area contributed by atoms with Crippen molar-refractivity contribution in [3.05, 3.63) is 53.3 Å². The van der Waals surface area contributed by atoms with Gasteiger partial charge < -0.3 is 13.7 Å². The first-order chi connectivity index (χ1) is 13.5. The van der Waals surface area contributed by atoms with Gasteiger partial charge >= 0.3 is 0 Å². The zero-order valence-corrected chi connectivity index (χ0v) is 15.8. The van der Waals surface area contributed by atoms with Gasteiger partial charge in [0.2, 0.25) is 23.6 Å². The topological polar surface area (TPSA) is 85.3 Å². The lowest BCUT2D eigenvalue weighted by atomic mass is 9.96. The van der Waals surface area contributed by atoms with Gasteiger partial charge in [-0.2, -0.15) is 0 Å². The number of piperidine rings is 1. The predicted molar refractivity (Wildman–Crippen MR) is 97.9 cm³/mol. The lowest BCUT2D eigenvalue weighted by Crippen LogP contribution is -2.39. The van der Waals surface area contributed by atoms with E-state index in [0.717, 1.165) is 12.8 Å². The third-order valence-corrected chi connectivity index (χ3v) is 5.02. The number of benzene rings is 1. The van der Waals surface area contributed by atoms with Crippen molar-refractivity contribution in [2.45, 2.75) is 39.0 Å². The van der Waals surface area contributed by atoms with Crippen molar-refractivity contribution in [3.8, 4) is 11.5 Å². The van der Waals surface area contributed by atoms with E-state index in [2.05, 4.69) is 15.2 Å². The van der Waals surface area contributed by atoms with Crippen LogP contribution in [0.5, 0.6) is 0 Å². The number of hydrogen-bond acceptors (Lipinski definition) is 6. The maximum atomic E-state index is 13.4. The van der Waals surface area contributed by atoms with Gasteiger partial charge in [0.05, 0.1) is 12.1 Å². The Labute approximate surface area is 161 Å². The summed E-state index contributed by atoms with van der Waals surface area (Å²) in [4.78, 5) is 18.9. The molecule has 1 aliphatic heterocycles. The van der Waals surface area contributed by atoms with Gasteiger partial charge in [0.1, 0.15) is 11.6 Å². The number of nitrogens with zero attached hydrogens (tertiary/aromatic N) is 4. The number of aryl methyl sites for hydroxylation is 2. The summed E-state index contributed by atoms with van der Waals surface area (Å²) in [6, 6.07) is 6.05. The van der Waals surface area contributed by atoms with Crippen molar-refractivity contribution in [3.63, 3.8) is 0 Å². The van der Waals surface area contributed by atoms with Crippen LogP contribution in [0.1, 0.15) is 42.0 Å². The van der Waals surface area contributed by atoms with Crippen LogP contribution in [0, 0.1) is 19.7 Å². The van der Waals surface area contributed by atoms with Crippen LogP contribution in [0.4, 0.5) is 4.39 Å². The number of oxazole rings is 1. The highest BCUT2D eigenvalue weighted by Gasteiger charge is 2.28. The highest BCUT2D eigenvalue weighted by Crippen LogP contribution is 2.28. The minimum Gasteiger partial charge on any atom is -0.441 e. The van der Waals surface area contributed by atoms with E-state index < -0.39 is 0 Å². The Morgan fingerprint density at radius 2 is 2.00 bits per heavy atom. The van der Waals surface area contributed by atoms with Crippen molar-refractivity contribution < 1.29 is 18.0 Å². The SMILES string of the molecule is Cc1nnc(C2CCN(C(=O)Cc3nc(-c4cccc(F)c4)oc3C)CC2)o1. The molecule has 7 nitrogen and oxygen atoms in total. The van der Waals surface area contributed by atoms with Gasteiger partial charge in [0, 0.05) is 31.5 Å². The largest absolute Gasteiger partial charge is 0.441 e. The molecule has 146 valence electrons. The van der Waals surface area contributed by atoms with E-state index in [0.29, 0.717) is 47.8 Å². The van der Waals surface area contributed by atoms with Crippen molar-refractivity contribution in [1.82, 2.24) is 20.1 Å². The Morgan fingerprint density at radius 1 is 1.21 bits per heavy atom. The van der Waals surface area contributed by atoms with Gasteiger partial charge in [0.25, 0.3) is 0 Å². The summed E-state index contributed by atoms with van der Waals surface area (Å²) in [5.41, 5.74) is 1.14. The molecule has 1 fully saturated rings. The molecule has 0 N–H and O–H groups in total. The van der Waals surface area contributed by atoms with Crippen LogP contribution in [0.15, 0.2) is 33.1 Å². The number of aromatic nitrogens is 3. The molecule has 1 saturated heterocycles. The molecule has 0 aliphatic carbocycles. The van der Waals surface area contributed by atoms with Gasteiger partial charge in [-0.1, -0.05) is 6.07 Å². The van der Waals surface area contributed by atoms with Crippen molar-refractivity contribution in [1.29, 1.82) is 0 Å². The molecule has 4 rings (SSSR count). The van der Waals surface area contributed by atoms with Crippen LogP contribution >= 0.6 is 0 Å². The van der Waals surface area contributed by atoms with Gasteiger partial charge in [-0.15, -0.1) is 10.2 Å². The molecule has 0 atom stereocenters. The molecule has 2 aromatic heterocycles. The summed E-state index contributed by atoms with van der Waals surface area (Å²) in [6.07, 6.45) is 1.74. The average molecular weight is 384 g/mol. The van der Waals surface area contributed by atoms with Crippen LogP contribution in [0.2, 0.25) is 0 Å². The Balaban J connectivity index is 1.39. The highest BCUT2D eigenvalue weighted by atomic mass is 19.1. The fourth-order valence-electron chi connectivity index (χ4n) is 3.44. The van der Waals surface area contributed by atoms with E-state index in [1.165, 1.54) is 12.1 Å². The summed E-state index contributed by atoms with van der Waals surface area (Å²) in [7, 11) is 0. The lowest BCUT2D eigenvalue weighted by Gasteiger charge is -2.30. The summed E-state index contributed by atoms with van der Waals surface area (Å²) in [5, 5.41) is 7.96. The molecule has 0 saturated carbocycles. The van der Waals surface area contributed by atoms with Crippen LogP contribution in [0.3, 0.4) is 0 Å². The van der Waals surface area contributed by atoms with Gasteiger partial charge in [-0.3, -0.25) is 4.79 Å². The molecule has 1 aliphatic rings. The minimum atomic E-state index is -0.356. The van der Waals surface area contributed by atoms with E-state index in [4.69, 9.17) is 8.83 Å². The molecule has 3 heterocycles. The molecule has 0 spiro atoms. The second-order valence-electron chi connectivity index (χ2n) is 7.02. The fourth-order valence-corrected chi connectivity index (χ4v) is 3.44. The predicted octanol–water partition coefficient (Wildman–Crippen LogP) is 3.43. The van der Waals surface area contributed by atoms with Crippen LogP contribution < -0.4 is 0 Å². The quantitative estimate of drug-likeness (QED) is 0.685. The first-order valence-corrected chi connectivity index (χ1v) is 9.29. The molecule has 0 radical (unpaired) electrons. The third kappa shape index (κ3) is 3.81. The Hall–Kier alpha value is -3.03. The van der Waals surface area contributed by atoms with E-state index in [-0.39, 0.29) is 24.1 Å². The number of amides is 1. The lowest BCUT2D eigenvalue weighted by molar-refractivity contribution is -0.131. The molecule has 0 bridgehead atoms. The molecular formula is C20H21FN4O3. The molecule has 3 aromatic rings. The van der Waals surface area contributed by atoms with Crippen LogP contribution in [0.25, 0.3) is 11.5 Å². The van der Waals surface area contributed by atoms with Crippen molar-refractivity contribution in [2.75, 3.05) is 13.1 Å². The minimum absolute atomic E-state index is 0.00218. The van der Waals surface area contributed by atoms with E-state index in [1.54, 1.807) is 26.0 Å². The number of carbonyl (C=O) groups excluding carboxylic acids is 1. The van der Waals surface area contributed by atoms with Gasteiger partial charge in [0.15, 0.2) is 0 Å². The number of rotatable bonds is 4. The average Bonchev–Trinajstić information content (AvgIpc) is 3.28. The second-order valence-corrected chi connectivity index (χ2v) is 7.02. The fraction of sp³-hybridized carbons (Fsp3) is 0.400. The molecule has 8 heteroatoms. The second kappa shape index (κ2) is 7.53. The van der Waals surface area contributed by atoms with E-state index in [9.17, 15) is 9.18 Å². The molecule has 28 heavy (non-hydrogen) atoms. The zero-order chi connectivity index (χ0) is 19.7. The zero-order valence-electron chi connectivity index (χ0n) is 15.8. The van der Waals surface area contributed by atoms with E-state index >= 15 is 0 Å². The van der Waals surface area contributed by atoms with Crippen molar-refractivity contribution >= 4 is 5.91 Å². The maximum Gasteiger partial charge on any atom is 0.228 e. The number of hydrogen-bond donors (Lipinski definition) is 0. The number of halogens is 1. The first kappa shape index (κ1) is 18.3. The Kier molecular flexibility index (Phi) is 4.93. The molecule has 1 aromatic carbocycles. The van der Waals surface area contributed by atoms with Gasteiger partial charge in [-0.25, -0.2) is 9.37 Å². The van der Waals surface area contributed by atoms with Crippen molar-refractivity contribution in [2.24, 2.45) is 0 Å². The molecule has 1 amide bonds. The van der Waals surface area contributed by atoms with Gasteiger partial charge in [-0.05, 0) is 38.0 Å². The summed E-state index contributed by atoms with van der Waals surface area (Å²) < 4.78 is 24.6. The maximum absolute atomic E-state index is 13.4. The third-order valence-electron chi connectivity index (χ3n) is 5.02. The molecule has 0 unspecified atom stereocenters. The Bertz CT molecular complexity index is 989. The standard InChI is InChI=1S/C20H21FN4O3/c1-12-17(22-19(27-12)15-4-3-5-16(21)10-15)11-18(26)25-8-6-14(7-9-25)20-24-23-13(2)28-20/h3-5,10,14H,6-9,11H2,1-2H3. The van der Waals surface area contributed by atoms with Crippen LogP contribution in [-0.2, 0) is 11.2 Å². The number of carbonyl (C=O) groups is 1. The summed E-state index contributed by atoms with van der Waals surface area (Å²) in [6.45, 7) is 4.81. The first-order valence-electron chi connectivity index (χ1n) is 9.29. The monoisotopic (exact) mass is 384 g/mol. The molecular weight excluding hydrogens is 363 g/mol. The van der Waals surface area contributed by atoms with E-state index in [1.807, 2.05) is 4.90 Å². The Morgan fingerprint density at radius 3 is 2.68 bits per heavy atom. The van der Waals surface area contributed by atoms with Crippen LogP contribution in [-0.4, -0.2) is 39.1 Å². The normalized spacial score (nSPS) is 15.2. The highest BCUT2D eigenvalue weighted by molar-refractivity contribution is 5.78.